The Labute approximate surface area is 114 Å². The molecule has 0 spiro atoms. The lowest BCUT2D eigenvalue weighted by Crippen LogP contribution is -1.92. The molecule has 0 bridgehead atoms. The molecule has 0 unspecified atom stereocenters. The van der Waals surface area contributed by atoms with Gasteiger partial charge in [0, 0.05) is 17.2 Å². The minimum Gasteiger partial charge on any atom is -0.278 e. The van der Waals surface area contributed by atoms with Crippen molar-refractivity contribution in [2.45, 2.75) is 0 Å². The van der Waals surface area contributed by atoms with Gasteiger partial charge < -0.3 is 0 Å². The van der Waals surface area contributed by atoms with Crippen molar-refractivity contribution in [1.29, 1.82) is 0 Å². The van der Waals surface area contributed by atoms with Crippen LogP contribution in [0.25, 0.3) is 0 Å². The molecule has 0 saturated carbocycles. The number of benzene rings is 2. The Balaban J connectivity index is 2.04. The highest BCUT2D eigenvalue weighted by atomic mass is 35.5. The zero-order chi connectivity index (χ0) is 13.7. The van der Waals surface area contributed by atoms with Crippen LogP contribution in [0.15, 0.2) is 53.6 Å². The summed E-state index contributed by atoms with van der Waals surface area (Å²) in [5.74, 6) is 0. The molecule has 2 rings (SSSR count). The summed E-state index contributed by atoms with van der Waals surface area (Å²) in [5.41, 5.74) is 4.19. The van der Waals surface area contributed by atoms with Crippen molar-refractivity contribution in [2.75, 3.05) is 5.43 Å². The molecule has 19 heavy (non-hydrogen) atoms. The number of halogens is 1. The number of rotatable bonds is 4. The Hall–Kier alpha value is -2.40. The largest absolute Gasteiger partial charge is 0.278 e. The molecule has 0 aliphatic rings. The van der Waals surface area contributed by atoms with E-state index in [1.165, 1.54) is 12.1 Å². The first kappa shape index (κ1) is 13.0. The highest BCUT2D eigenvalue weighted by Crippen LogP contribution is 2.16. The first-order valence-corrected chi connectivity index (χ1v) is 5.82. The third kappa shape index (κ3) is 3.79. The Kier molecular flexibility index (Phi) is 4.10. The second kappa shape index (κ2) is 5.97. The molecule has 5 nitrogen and oxygen atoms in total. The molecule has 96 valence electrons. The van der Waals surface area contributed by atoms with E-state index < -0.39 is 4.92 Å². The Morgan fingerprint density at radius 3 is 2.63 bits per heavy atom. The van der Waals surface area contributed by atoms with Crippen LogP contribution < -0.4 is 5.43 Å². The van der Waals surface area contributed by atoms with Crippen molar-refractivity contribution >= 4 is 29.2 Å². The monoisotopic (exact) mass is 275 g/mol. The maximum atomic E-state index is 10.6. The van der Waals surface area contributed by atoms with Crippen LogP contribution in [0.2, 0.25) is 5.02 Å². The van der Waals surface area contributed by atoms with E-state index in [2.05, 4.69) is 10.5 Å². The Morgan fingerprint density at radius 2 is 1.95 bits per heavy atom. The van der Waals surface area contributed by atoms with Gasteiger partial charge in [-0.05, 0) is 23.8 Å². The Morgan fingerprint density at radius 1 is 1.21 bits per heavy atom. The second-order valence-electron chi connectivity index (χ2n) is 3.73. The minimum absolute atomic E-state index is 0.0201. The van der Waals surface area contributed by atoms with E-state index in [1.54, 1.807) is 30.5 Å². The topological polar surface area (TPSA) is 67.5 Å². The molecule has 0 aliphatic heterocycles. The summed E-state index contributed by atoms with van der Waals surface area (Å²) >= 11 is 5.76. The smallest absolute Gasteiger partial charge is 0.271 e. The second-order valence-corrected chi connectivity index (χ2v) is 4.17. The van der Waals surface area contributed by atoms with Crippen molar-refractivity contribution in [3.05, 3.63) is 69.2 Å². The van der Waals surface area contributed by atoms with Crippen LogP contribution >= 0.6 is 11.6 Å². The standard InChI is InChI=1S/C13H10ClN3O2/c14-11-6-4-10(5-7-11)9-15-16-12-2-1-3-13(8-12)17(18)19/h1-9,16H/b15-9+. The van der Waals surface area contributed by atoms with Gasteiger partial charge in [0.25, 0.3) is 5.69 Å². The number of hydrazone groups is 1. The van der Waals surface area contributed by atoms with Crippen molar-refractivity contribution in [1.82, 2.24) is 0 Å². The third-order valence-electron chi connectivity index (χ3n) is 2.33. The summed E-state index contributed by atoms with van der Waals surface area (Å²) in [6.45, 7) is 0. The number of nitrogens with one attached hydrogen (secondary N) is 1. The van der Waals surface area contributed by atoms with Crippen LogP contribution in [0.3, 0.4) is 0 Å². The minimum atomic E-state index is -0.450. The molecule has 2 aromatic rings. The molecule has 0 aromatic heterocycles. The van der Waals surface area contributed by atoms with E-state index in [0.29, 0.717) is 10.7 Å². The lowest BCUT2D eigenvalue weighted by atomic mass is 10.2. The number of nitrogens with zero attached hydrogens (tertiary/aromatic N) is 2. The van der Waals surface area contributed by atoms with Gasteiger partial charge in [-0.15, -0.1) is 0 Å². The summed E-state index contributed by atoms with van der Waals surface area (Å²) in [6.07, 6.45) is 1.61. The molecule has 0 heterocycles. The fourth-order valence-electron chi connectivity index (χ4n) is 1.42. The first-order valence-electron chi connectivity index (χ1n) is 5.44. The number of hydrogen-bond acceptors (Lipinski definition) is 4. The summed E-state index contributed by atoms with van der Waals surface area (Å²) in [6, 6.07) is 13.3. The molecular formula is C13H10ClN3O2. The Bertz CT molecular complexity index is 612. The summed E-state index contributed by atoms with van der Waals surface area (Å²) in [7, 11) is 0. The van der Waals surface area contributed by atoms with Gasteiger partial charge in [-0.2, -0.15) is 5.10 Å². The average molecular weight is 276 g/mol. The summed E-state index contributed by atoms with van der Waals surface area (Å²) in [4.78, 5) is 10.2. The van der Waals surface area contributed by atoms with E-state index in [0.717, 1.165) is 5.56 Å². The van der Waals surface area contributed by atoms with Gasteiger partial charge in [0.2, 0.25) is 0 Å². The van der Waals surface area contributed by atoms with Crippen LogP contribution in [0, 0.1) is 10.1 Å². The average Bonchev–Trinajstić information content (AvgIpc) is 2.41. The number of non-ortho nitro benzene ring substituents is 1. The van der Waals surface area contributed by atoms with Crippen LogP contribution in [0.1, 0.15) is 5.56 Å². The normalized spacial score (nSPS) is 10.6. The lowest BCUT2D eigenvalue weighted by molar-refractivity contribution is -0.384. The van der Waals surface area contributed by atoms with Gasteiger partial charge >= 0.3 is 0 Å². The van der Waals surface area contributed by atoms with Crippen molar-refractivity contribution < 1.29 is 4.92 Å². The van der Waals surface area contributed by atoms with Gasteiger partial charge in [0.05, 0.1) is 16.8 Å². The van der Waals surface area contributed by atoms with E-state index in [4.69, 9.17) is 11.6 Å². The van der Waals surface area contributed by atoms with Gasteiger partial charge in [-0.25, -0.2) is 0 Å². The number of nitro groups is 1. The summed E-state index contributed by atoms with van der Waals surface area (Å²) in [5, 5.41) is 15.3. The molecule has 0 atom stereocenters. The third-order valence-corrected chi connectivity index (χ3v) is 2.59. The zero-order valence-electron chi connectivity index (χ0n) is 9.79. The quantitative estimate of drug-likeness (QED) is 0.525. The maximum absolute atomic E-state index is 10.6. The van der Waals surface area contributed by atoms with Crippen molar-refractivity contribution in [3.8, 4) is 0 Å². The van der Waals surface area contributed by atoms with E-state index in [9.17, 15) is 10.1 Å². The van der Waals surface area contributed by atoms with E-state index in [1.807, 2.05) is 12.1 Å². The molecule has 0 saturated heterocycles. The van der Waals surface area contributed by atoms with Crippen LogP contribution in [0.5, 0.6) is 0 Å². The number of anilines is 1. The fourth-order valence-corrected chi connectivity index (χ4v) is 1.55. The molecule has 0 aliphatic carbocycles. The van der Waals surface area contributed by atoms with Crippen LogP contribution in [-0.4, -0.2) is 11.1 Å². The molecule has 1 N–H and O–H groups in total. The van der Waals surface area contributed by atoms with Crippen LogP contribution in [0.4, 0.5) is 11.4 Å². The predicted octanol–water partition coefficient (Wildman–Crippen LogP) is 3.69. The first-order chi connectivity index (χ1) is 9.15. The predicted molar refractivity (Wildman–Crippen MR) is 75.8 cm³/mol. The lowest BCUT2D eigenvalue weighted by Gasteiger charge is -1.99. The maximum Gasteiger partial charge on any atom is 0.271 e. The highest BCUT2D eigenvalue weighted by molar-refractivity contribution is 6.30. The number of hydrogen-bond donors (Lipinski definition) is 1. The van der Waals surface area contributed by atoms with E-state index in [-0.39, 0.29) is 5.69 Å². The van der Waals surface area contributed by atoms with Crippen molar-refractivity contribution in [3.63, 3.8) is 0 Å². The van der Waals surface area contributed by atoms with Gasteiger partial charge in [0.1, 0.15) is 0 Å². The highest BCUT2D eigenvalue weighted by Gasteiger charge is 2.04. The van der Waals surface area contributed by atoms with Gasteiger partial charge in [-0.3, -0.25) is 15.5 Å². The summed E-state index contributed by atoms with van der Waals surface area (Å²) < 4.78 is 0. The molecule has 2 aromatic carbocycles. The van der Waals surface area contributed by atoms with Crippen molar-refractivity contribution in [2.24, 2.45) is 5.10 Å². The molecule has 6 heteroatoms. The van der Waals surface area contributed by atoms with Gasteiger partial charge in [0.15, 0.2) is 0 Å². The fraction of sp³-hybridized carbons (Fsp3) is 0. The molecular weight excluding hydrogens is 266 g/mol. The van der Waals surface area contributed by atoms with Gasteiger partial charge in [-0.1, -0.05) is 29.8 Å². The zero-order valence-corrected chi connectivity index (χ0v) is 10.5. The SMILES string of the molecule is O=[N+]([O-])c1cccc(N/N=C/c2ccc(Cl)cc2)c1. The van der Waals surface area contributed by atoms with Crippen LogP contribution in [-0.2, 0) is 0 Å². The molecule has 0 radical (unpaired) electrons. The van der Waals surface area contributed by atoms with E-state index >= 15 is 0 Å². The molecule has 0 fully saturated rings. The molecule has 0 amide bonds. The number of nitro benzene ring substituents is 1.